The number of hydrogen-bond donors (Lipinski definition) is 0. The van der Waals surface area contributed by atoms with Crippen molar-refractivity contribution in [2.45, 2.75) is 42.2 Å². The summed E-state index contributed by atoms with van der Waals surface area (Å²) in [4.78, 5) is 16.7. The van der Waals surface area contributed by atoms with Crippen LogP contribution in [0.2, 0.25) is 0 Å². The first-order chi connectivity index (χ1) is 15.6. The molecule has 7 nitrogen and oxygen atoms in total. The molecule has 15 heteroatoms. The van der Waals surface area contributed by atoms with Crippen molar-refractivity contribution in [3.8, 4) is 0 Å². The maximum Gasteiger partial charge on any atom is 0.490 e. The fourth-order valence-electron chi connectivity index (χ4n) is 3.47. The summed E-state index contributed by atoms with van der Waals surface area (Å²) in [6, 6.07) is 3.99. The van der Waals surface area contributed by atoms with E-state index in [0.29, 0.717) is 12.6 Å². The van der Waals surface area contributed by atoms with E-state index < -0.39 is 39.5 Å². The molecule has 1 fully saturated rings. The Bertz CT molecular complexity index is 1120. The molecule has 2 aromatic rings. The second-order valence-corrected chi connectivity index (χ2v) is 10.7. The van der Waals surface area contributed by atoms with Crippen LogP contribution in [0.1, 0.15) is 19.4 Å². The van der Waals surface area contributed by atoms with Crippen LogP contribution >= 0.6 is 11.3 Å². The molecule has 34 heavy (non-hydrogen) atoms. The average Bonchev–Trinajstić information content (AvgIpc) is 3.28. The third-order valence-electron chi connectivity index (χ3n) is 5.38. The topological polar surface area (TPSA) is 79.8 Å². The summed E-state index contributed by atoms with van der Waals surface area (Å²) in [5, 5.41) is 1.54. The van der Waals surface area contributed by atoms with Gasteiger partial charge >= 0.3 is 18.3 Å². The van der Waals surface area contributed by atoms with Crippen LogP contribution in [0.3, 0.4) is 0 Å². The number of alkyl halides is 6. The highest BCUT2D eigenvalue weighted by Crippen LogP contribution is 2.43. The first-order valence-corrected chi connectivity index (χ1v) is 12.0. The predicted octanol–water partition coefficient (Wildman–Crippen LogP) is 3.93. The number of sulfonamides is 1. The third-order valence-corrected chi connectivity index (χ3v) is 8.42. The minimum absolute atomic E-state index is 0.0441. The van der Waals surface area contributed by atoms with Crippen molar-refractivity contribution in [3.05, 3.63) is 41.4 Å². The van der Waals surface area contributed by atoms with Gasteiger partial charge < -0.3 is 9.64 Å². The highest BCUT2D eigenvalue weighted by Gasteiger charge is 2.59. The quantitative estimate of drug-likeness (QED) is 0.430. The van der Waals surface area contributed by atoms with E-state index in [0.717, 1.165) is 23.5 Å². The lowest BCUT2D eigenvalue weighted by Crippen LogP contribution is -2.53. The summed E-state index contributed by atoms with van der Waals surface area (Å²) in [6.45, 7) is 2.47. The Morgan fingerprint density at radius 1 is 1.12 bits per heavy atom. The fraction of sp³-hybridized carbons (Fsp3) is 0.474. The second-order valence-electron chi connectivity index (χ2n) is 7.67. The van der Waals surface area contributed by atoms with E-state index in [1.165, 1.54) is 28.0 Å². The van der Waals surface area contributed by atoms with E-state index in [2.05, 4.69) is 9.72 Å². The van der Waals surface area contributed by atoms with Crippen LogP contribution < -0.4 is 4.90 Å². The first kappa shape index (κ1) is 26.2. The summed E-state index contributed by atoms with van der Waals surface area (Å²) < 4.78 is 109. The van der Waals surface area contributed by atoms with Gasteiger partial charge in [0, 0.05) is 48.5 Å². The van der Waals surface area contributed by atoms with Gasteiger partial charge in [-0.15, -0.1) is 11.3 Å². The van der Waals surface area contributed by atoms with E-state index in [-0.39, 0.29) is 30.0 Å². The number of hydrogen-bond acceptors (Lipinski definition) is 7. The third kappa shape index (κ3) is 5.00. The fourth-order valence-corrected chi connectivity index (χ4v) is 5.95. The smallest absolute Gasteiger partial charge is 0.438 e. The molecule has 0 bridgehead atoms. The van der Waals surface area contributed by atoms with Gasteiger partial charge in [0.05, 0.1) is 0 Å². The van der Waals surface area contributed by atoms with E-state index >= 15 is 0 Å². The number of nitrogens with zero attached hydrogens (tertiary/aromatic N) is 3. The molecule has 1 aromatic heterocycles. The van der Waals surface area contributed by atoms with Crippen LogP contribution in [0.5, 0.6) is 0 Å². The molecule has 188 valence electrons. The van der Waals surface area contributed by atoms with Crippen LogP contribution in [0.25, 0.3) is 0 Å². The van der Waals surface area contributed by atoms with E-state index in [1.54, 1.807) is 11.8 Å². The normalized spacial score (nSPS) is 20.1. The minimum Gasteiger partial charge on any atom is -0.438 e. The lowest BCUT2D eigenvalue weighted by atomic mass is 9.94. The Morgan fingerprint density at radius 3 is 2.21 bits per heavy atom. The van der Waals surface area contributed by atoms with Gasteiger partial charge in [0.25, 0.3) is 10.0 Å². The highest BCUT2D eigenvalue weighted by atomic mass is 32.2. The van der Waals surface area contributed by atoms with Crippen molar-refractivity contribution >= 4 is 33.0 Å². The summed E-state index contributed by atoms with van der Waals surface area (Å²) >= 11 is 0.981. The summed E-state index contributed by atoms with van der Waals surface area (Å²) in [5.74, 6) is -2.96. The van der Waals surface area contributed by atoms with Crippen LogP contribution in [0.15, 0.2) is 40.2 Å². The molecule has 1 saturated heterocycles. The Morgan fingerprint density at radius 2 is 1.74 bits per heavy atom. The molecule has 1 unspecified atom stereocenters. The molecule has 1 aliphatic rings. The molecule has 3 rings (SSSR count). The molecule has 0 saturated carbocycles. The molecule has 0 amide bonds. The van der Waals surface area contributed by atoms with Crippen molar-refractivity contribution in [1.82, 2.24) is 9.29 Å². The number of esters is 1. The molecule has 0 spiro atoms. The molecule has 2 atom stereocenters. The zero-order chi connectivity index (χ0) is 25.5. The molecule has 1 aromatic carbocycles. The first-order valence-electron chi connectivity index (χ1n) is 9.71. The number of anilines is 1. The molecule has 0 aliphatic carbocycles. The summed E-state index contributed by atoms with van der Waals surface area (Å²) in [6.07, 6.45) is -9.54. The highest BCUT2D eigenvalue weighted by molar-refractivity contribution is 7.91. The number of carbonyl (C=O) groups is 1. The van der Waals surface area contributed by atoms with E-state index in [9.17, 15) is 39.6 Å². The van der Waals surface area contributed by atoms with Gasteiger partial charge in [0.15, 0.2) is 0 Å². The van der Waals surface area contributed by atoms with Crippen LogP contribution in [-0.4, -0.2) is 61.7 Å². The zero-order valence-electron chi connectivity index (χ0n) is 17.7. The maximum absolute atomic E-state index is 13.6. The Hall–Kier alpha value is -2.39. The van der Waals surface area contributed by atoms with E-state index in [4.69, 9.17) is 0 Å². The van der Waals surface area contributed by atoms with Gasteiger partial charge in [-0.2, -0.15) is 30.6 Å². The molecule has 0 N–H and O–H groups in total. The Labute approximate surface area is 195 Å². The van der Waals surface area contributed by atoms with Gasteiger partial charge in [0.2, 0.25) is 9.94 Å². The van der Waals surface area contributed by atoms with Crippen molar-refractivity contribution < 1.29 is 44.3 Å². The van der Waals surface area contributed by atoms with Gasteiger partial charge in [-0.05, 0) is 26.0 Å². The van der Waals surface area contributed by atoms with Gasteiger partial charge in [-0.25, -0.2) is 18.2 Å². The van der Waals surface area contributed by atoms with E-state index in [1.807, 2.05) is 0 Å². The minimum atomic E-state index is -5.60. The lowest BCUT2D eigenvalue weighted by Gasteiger charge is -2.40. The number of carbonyl (C=O) groups excluding carboxylic acids is 1. The molecular formula is C19H19F6N3O4S2. The van der Waals surface area contributed by atoms with Crippen molar-refractivity contribution in [1.29, 1.82) is 0 Å². The molecule has 2 heterocycles. The Balaban J connectivity index is 1.80. The van der Waals surface area contributed by atoms with Gasteiger partial charge in [-0.1, -0.05) is 12.1 Å². The van der Waals surface area contributed by atoms with Crippen LogP contribution in [-0.2, 0) is 25.2 Å². The van der Waals surface area contributed by atoms with Crippen molar-refractivity contribution in [2.24, 2.45) is 0 Å². The summed E-state index contributed by atoms with van der Waals surface area (Å²) in [7, 11) is -3.77. The summed E-state index contributed by atoms with van der Waals surface area (Å²) in [5.41, 5.74) is -3.79. The number of ether oxygens (including phenoxy) is 1. The average molecular weight is 532 g/mol. The number of halogens is 6. The largest absolute Gasteiger partial charge is 0.490 e. The Kier molecular flexibility index (Phi) is 6.94. The molecule has 1 aliphatic heterocycles. The van der Waals surface area contributed by atoms with Crippen LogP contribution in [0.4, 0.5) is 32.0 Å². The zero-order valence-corrected chi connectivity index (χ0v) is 19.4. The second kappa shape index (κ2) is 9.00. The van der Waals surface area contributed by atoms with Gasteiger partial charge in [-0.3, -0.25) is 0 Å². The number of thiazole rings is 1. The number of rotatable bonds is 5. The molecular weight excluding hydrogens is 512 g/mol. The number of benzene rings is 1. The number of aromatic nitrogens is 1. The predicted molar refractivity (Wildman–Crippen MR) is 110 cm³/mol. The standard InChI is InChI=1S/C19H19F6N3O4S2/c1-12-11-27(34(30,31)16-26-7-10-33-16)8-9-28(12)14-5-3-13(4-6-14)17(2,19(23,24)25)32-15(29)18(20,21)22/h3-7,10,12H,8-9,11H2,1-2H3/t12-,17?/m0/s1. The van der Waals surface area contributed by atoms with Crippen molar-refractivity contribution in [3.63, 3.8) is 0 Å². The monoisotopic (exact) mass is 531 g/mol. The number of piperazine rings is 1. The van der Waals surface area contributed by atoms with Gasteiger partial charge in [0.1, 0.15) is 0 Å². The molecule has 0 radical (unpaired) electrons. The SMILES string of the molecule is C[C@H]1CN(S(=O)(=O)c2nccs2)CCN1c1ccc(C(C)(OC(=O)C(F)(F)F)C(F)(F)F)cc1. The maximum atomic E-state index is 13.6. The lowest BCUT2D eigenvalue weighted by molar-refractivity contribution is -0.285. The van der Waals surface area contributed by atoms with Crippen LogP contribution in [0, 0.1) is 0 Å². The van der Waals surface area contributed by atoms with Crippen molar-refractivity contribution in [2.75, 3.05) is 24.5 Å².